The minimum absolute atomic E-state index is 0. The van der Waals surface area contributed by atoms with Crippen LogP contribution in [-0.2, 0) is 27.8 Å². The van der Waals surface area contributed by atoms with Crippen molar-refractivity contribution in [3.05, 3.63) is 139 Å². The molecule has 1 atom stereocenters. The summed E-state index contributed by atoms with van der Waals surface area (Å²) in [5, 5.41) is 0. The first-order chi connectivity index (χ1) is 17.4. The van der Waals surface area contributed by atoms with Crippen molar-refractivity contribution in [2.24, 2.45) is 0 Å². The first-order valence-corrected chi connectivity index (χ1v) is 18.0. The number of benzene rings is 4. The third-order valence-corrected chi connectivity index (χ3v) is 5.37. The molecule has 0 spiro atoms. The standard InChI is InChI=1S/C25H18.3C2H6.CH5As.CH3At.CH3.Au/c1-3-11-19(12-4-1)25(20-13-5-2-6-14-20)23-17-9-7-15-21(23)22-16-8-10-18-24(22)25;5*1-2;;/h1-18H;3*1-2H3;2H2,1H3;1H3;1H3;/q;;;;;;-1;+1. The summed E-state index contributed by atoms with van der Waals surface area (Å²) < 4.78 is 2.06. The molecule has 4 aromatic rings. The third kappa shape index (κ3) is 9.05. The van der Waals surface area contributed by atoms with E-state index in [1.807, 2.05) is 41.5 Å². The van der Waals surface area contributed by atoms with E-state index in [1.165, 1.54) is 33.4 Å². The molecule has 0 amide bonds. The zero-order valence-electron chi connectivity index (χ0n) is 24.1. The molecule has 0 N–H and O–H groups in total. The van der Waals surface area contributed by atoms with E-state index in [4.69, 9.17) is 0 Å². The average Bonchev–Trinajstić information content (AvgIpc) is 3.30. The molecule has 5 rings (SSSR count). The maximum absolute atomic E-state index is 2.29. The molecule has 1 aliphatic rings. The van der Waals surface area contributed by atoms with Gasteiger partial charge in [0.25, 0.3) is 0 Å². The van der Waals surface area contributed by atoms with Crippen molar-refractivity contribution < 1.29 is 47.1 Å². The van der Waals surface area contributed by atoms with Gasteiger partial charge >= 0.3 is 74.3 Å². The summed E-state index contributed by atoms with van der Waals surface area (Å²) in [6.45, 7) is 12.0. The quantitative estimate of drug-likeness (QED) is 0.122. The molecular formula is C34H47AsAtAu. The second-order valence-electron chi connectivity index (χ2n) is 6.57. The Bertz CT molecular complexity index is 962. The van der Waals surface area contributed by atoms with Crippen molar-refractivity contribution in [2.75, 3.05) is 0 Å². The predicted octanol–water partition coefficient (Wildman–Crippen LogP) is 9.83. The van der Waals surface area contributed by atoms with Crippen LogP contribution in [0.5, 0.6) is 0 Å². The molecule has 4 aromatic carbocycles. The average molecular weight is 938 g/mol. The van der Waals surface area contributed by atoms with Gasteiger partial charge in [-0.15, -0.1) is 0 Å². The predicted molar refractivity (Wildman–Crippen MR) is 164 cm³/mol. The summed E-state index contributed by atoms with van der Waals surface area (Å²) in [5.41, 5.74) is 9.86. The van der Waals surface area contributed by atoms with Crippen LogP contribution < -0.4 is 0 Å². The first kappa shape index (κ1) is 40.6. The molecule has 0 nitrogen and oxygen atoms in total. The Kier molecular flexibility index (Phi) is 26.4. The Hall–Kier alpha value is -0.938. The molecule has 0 heterocycles. The van der Waals surface area contributed by atoms with E-state index in [0.29, 0.717) is 0 Å². The summed E-state index contributed by atoms with van der Waals surface area (Å²) >= 11 is 3.41. The van der Waals surface area contributed by atoms with Crippen LogP contribution in [0.25, 0.3) is 11.1 Å². The van der Waals surface area contributed by atoms with E-state index in [-0.39, 0.29) is 35.2 Å². The third-order valence-electron chi connectivity index (χ3n) is 5.37. The van der Waals surface area contributed by atoms with Crippen LogP contribution in [0.15, 0.2) is 109 Å². The summed E-state index contributed by atoms with van der Waals surface area (Å²) in [6.07, 6.45) is 0. The van der Waals surface area contributed by atoms with E-state index >= 15 is 0 Å². The molecule has 0 radical (unpaired) electrons. The Balaban J connectivity index is -0.000000870. The number of fused-ring (bicyclic) bond motifs is 3. The van der Waals surface area contributed by atoms with Crippen LogP contribution in [0.1, 0.15) is 63.8 Å². The summed E-state index contributed by atoms with van der Waals surface area (Å²) in [4.78, 5) is 0. The normalized spacial score (nSPS) is 10.2. The van der Waals surface area contributed by atoms with Crippen molar-refractivity contribution in [1.29, 1.82) is 0 Å². The molecule has 206 valence electrons. The molecule has 0 bridgehead atoms. The Morgan fingerprint density at radius 3 is 1.00 bits per heavy atom. The molecule has 0 saturated heterocycles. The molecular weight excluding hydrogens is 890 g/mol. The summed E-state index contributed by atoms with van der Waals surface area (Å²) in [7, 11) is 0. The number of rotatable bonds is 2. The van der Waals surface area contributed by atoms with Crippen molar-refractivity contribution >= 4 is 16.9 Å². The van der Waals surface area contributed by atoms with Crippen LogP contribution >= 0.6 is 0 Å². The minimum atomic E-state index is -0.254. The topological polar surface area (TPSA) is 0 Å². The van der Waals surface area contributed by atoms with Gasteiger partial charge in [0.2, 0.25) is 0 Å². The van der Waals surface area contributed by atoms with E-state index in [1.54, 1.807) is 41.6 Å². The maximum atomic E-state index is 2.29. The van der Waals surface area contributed by atoms with Gasteiger partial charge in [0.15, 0.2) is 0 Å². The molecule has 0 fully saturated rings. The van der Waals surface area contributed by atoms with Crippen LogP contribution in [-0.4, -0.2) is 16.9 Å². The summed E-state index contributed by atoms with van der Waals surface area (Å²) in [6, 6.07) is 39.5. The van der Waals surface area contributed by atoms with Gasteiger partial charge in [-0.1, -0.05) is 151 Å². The number of hydrogen-bond donors (Lipinski definition) is 0. The van der Waals surface area contributed by atoms with Gasteiger partial charge in [0.05, 0.1) is 5.41 Å². The van der Waals surface area contributed by atoms with Crippen molar-refractivity contribution in [3.8, 4) is 11.1 Å². The van der Waals surface area contributed by atoms with Crippen molar-refractivity contribution in [2.45, 2.75) is 57.3 Å². The Morgan fingerprint density at radius 2 is 0.703 bits per heavy atom. The van der Waals surface area contributed by atoms with E-state index < -0.39 is 0 Å². The summed E-state index contributed by atoms with van der Waals surface area (Å²) in [5.74, 6) is 0. The monoisotopic (exact) mass is 937 g/mol. The minimum Gasteiger partial charge on any atom is -0.358 e. The second kappa shape index (κ2) is 24.1. The maximum Gasteiger partial charge on any atom is 1.00 e. The SMILES string of the molecule is CC.CC.CC.C[AsH2].C[At].[Au+].[CH3-].c1ccc(C2(c3ccccc3)c3ccccc3-c3ccccc32)cc1. The van der Waals surface area contributed by atoms with Crippen molar-refractivity contribution in [1.82, 2.24) is 0 Å². The van der Waals surface area contributed by atoms with Gasteiger partial charge < -0.3 is 7.43 Å². The molecule has 0 saturated carbocycles. The molecule has 1 unspecified atom stereocenters. The largest absolute Gasteiger partial charge is 1.00 e. The van der Waals surface area contributed by atoms with Gasteiger partial charge in [-0.3, -0.25) is 0 Å². The number of hydrogen-bond acceptors (Lipinski definition) is 0. The zero-order valence-corrected chi connectivity index (χ0v) is 31.7. The van der Waals surface area contributed by atoms with Crippen LogP contribution in [0, 0.1) is 32.1 Å². The fourth-order valence-electron chi connectivity index (χ4n) is 4.40. The van der Waals surface area contributed by atoms with Gasteiger partial charge in [-0.05, 0) is 33.4 Å². The van der Waals surface area contributed by atoms with Crippen LogP contribution in [0.4, 0.5) is 0 Å². The van der Waals surface area contributed by atoms with E-state index in [2.05, 4.69) is 120 Å². The molecule has 1 aliphatic carbocycles. The molecule has 0 aliphatic heterocycles. The van der Waals surface area contributed by atoms with Gasteiger partial charge in [0, 0.05) is 0 Å². The zero-order chi connectivity index (χ0) is 26.7. The fourth-order valence-corrected chi connectivity index (χ4v) is 4.40. The van der Waals surface area contributed by atoms with Crippen LogP contribution in [0.3, 0.4) is 0 Å². The van der Waals surface area contributed by atoms with Gasteiger partial charge in [-0.2, -0.15) is 0 Å². The smallest absolute Gasteiger partial charge is 0.358 e. The first-order valence-electron chi connectivity index (χ1n) is 12.7. The molecule has 0 aromatic heterocycles. The fraction of sp³-hybridized carbons (Fsp3) is 0.265. The van der Waals surface area contributed by atoms with Gasteiger partial charge in [0.1, 0.15) is 0 Å². The van der Waals surface area contributed by atoms with Crippen LogP contribution in [0.2, 0.25) is 10.3 Å². The van der Waals surface area contributed by atoms with E-state index in [0.717, 1.165) is 0 Å². The Labute approximate surface area is 269 Å². The molecule has 3 heteroatoms. The molecule has 37 heavy (non-hydrogen) atoms. The Morgan fingerprint density at radius 1 is 0.459 bits per heavy atom. The van der Waals surface area contributed by atoms with Crippen molar-refractivity contribution in [3.63, 3.8) is 0 Å². The second-order valence-corrected chi connectivity index (χ2v) is 6.57. The van der Waals surface area contributed by atoms with Gasteiger partial charge in [-0.25, -0.2) is 0 Å². The van der Waals surface area contributed by atoms with E-state index in [9.17, 15) is 0 Å².